The van der Waals surface area contributed by atoms with E-state index in [0.29, 0.717) is 55.2 Å². The summed E-state index contributed by atoms with van der Waals surface area (Å²) in [5.41, 5.74) is 1.95. The quantitative estimate of drug-likeness (QED) is 0.358. The van der Waals surface area contributed by atoms with Gasteiger partial charge in [0.25, 0.3) is 5.91 Å². The third kappa shape index (κ3) is 8.36. The SMILES string of the molecule is O=C(Nc1ccc(Cl)cc1N1CCN(CCC(F)(F)F)CC1)c1ccc(CN2CCC(N3CCCCC3)CC2)cc1F. The lowest BCUT2D eigenvalue weighted by molar-refractivity contribution is -0.138. The molecule has 3 saturated heterocycles. The van der Waals surface area contributed by atoms with E-state index >= 15 is 4.39 Å². The molecule has 3 fully saturated rings. The average molecular weight is 610 g/mol. The lowest BCUT2D eigenvalue weighted by atomic mass is 9.99. The van der Waals surface area contributed by atoms with Crippen LogP contribution in [0.5, 0.6) is 0 Å². The Kier molecular flexibility index (Phi) is 10.3. The molecule has 2 aromatic rings. The Hall–Kier alpha value is -2.40. The smallest absolute Gasteiger partial charge is 0.367 e. The molecule has 0 aliphatic carbocycles. The van der Waals surface area contributed by atoms with E-state index in [1.165, 1.54) is 44.5 Å². The standard InChI is InChI=1S/C31H40ClF4N5O/c32-24-5-7-28(29(21-24)41-18-16-38(17-19-41)15-10-31(34,35)36)37-30(42)26-6-4-23(20-27(26)33)22-39-13-8-25(9-14-39)40-11-2-1-3-12-40/h4-7,20-21,25H,1-3,8-19,22H2,(H,37,42). The van der Waals surface area contributed by atoms with Gasteiger partial charge in [-0.25, -0.2) is 4.39 Å². The fourth-order valence-corrected chi connectivity index (χ4v) is 6.55. The minimum absolute atomic E-state index is 0.0391. The van der Waals surface area contributed by atoms with Crippen LogP contribution in [0.1, 0.15) is 54.4 Å². The molecule has 0 spiro atoms. The second-order valence-electron chi connectivity index (χ2n) is 11.7. The normalized spacial score (nSPS) is 20.2. The van der Waals surface area contributed by atoms with Crippen LogP contribution < -0.4 is 10.2 Å². The summed E-state index contributed by atoms with van der Waals surface area (Å²) in [7, 11) is 0. The lowest BCUT2D eigenvalue weighted by Crippen LogP contribution is -2.47. The van der Waals surface area contributed by atoms with Crippen LogP contribution in [0.25, 0.3) is 0 Å². The first-order valence-corrected chi connectivity index (χ1v) is 15.4. The van der Waals surface area contributed by atoms with Crippen molar-refractivity contribution in [3.63, 3.8) is 0 Å². The highest BCUT2D eigenvalue weighted by molar-refractivity contribution is 6.31. The zero-order valence-corrected chi connectivity index (χ0v) is 24.7. The van der Waals surface area contributed by atoms with Crippen LogP contribution in [0.4, 0.5) is 28.9 Å². The second kappa shape index (κ2) is 13.9. The zero-order valence-electron chi connectivity index (χ0n) is 23.9. The minimum atomic E-state index is -4.18. The van der Waals surface area contributed by atoms with Gasteiger partial charge >= 0.3 is 6.18 Å². The van der Waals surface area contributed by atoms with Gasteiger partial charge in [-0.15, -0.1) is 0 Å². The van der Waals surface area contributed by atoms with Crippen LogP contribution in [-0.4, -0.2) is 91.7 Å². The van der Waals surface area contributed by atoms with Gasteiger partial charge in [-0.05, 0) is 87.8 Å². The number of anilines is 2. The van der Waals surface area contributed by atoms with Crippen molar-refractivity contribution in [2.75, 3.05) is 69.1 Å². The highest BCUT2D eigenvalue weighted by Gasteiger charge is 2.29. The third-order valence-corrected chi connectivity index (χ3v) is 9.02. The molecule has 3 aliphatic heterocycles. The largest absolute Gasteiger partial charge is 0.390 e. The van der Waals surface area contributed by atoms with Crippen molar-refractivity contribution in [1.29, 1.82) is 0 Å². The van der Waals surface area contributed by atoms with Gasteiger partial charge in [-0.2, -0.15) is 13.2 Å². The second-order valence-corrected chi connectivity index (χ2v) is 12.2. The Morgan fingerprint density at radius 3 is 2.26 bits per heavy atom. The van der Waals surface area contributed by atoms with Gasteiger partial charge in [-0.3, -0.25) is 14.6 Å². The Morgan fingerprint density at radius 1 is 0.881 bits per heavy atom. The van der Waals surface area contributed by atoms with Crippen molar-refractivity contribution in [3.8, 4) is 0 Å². The maximum atomic E-state index is 15.2. The van der Waals surface area contributed by atoms with Crippen LogP contribution in [0.3, 0.4) is 0 Å². The number of piperazine rings is 1. The summed E-state index contributed by atoms with van der Waals surface area (Å²) in [6.07, 6.45) is 1.17. The summed E-state index contributed by atoms with van der Waals surface area (Å²) in [5, 5.41) is 3.30. The Bertz CT molecular complexity index is 1210. The van der Waals surface area contributed by atoms with Gasteiger partial charge in [0.05, 0.1) is 23.4 Å². The number of amides is 1. The minimum Gasteiger partial charge on any atom is -0.367 e. The molecule has 3 heterocycles. The first-order chi connectivity index (χ1) is 20.1. The zero-order chi connectivity index (χ0) is 29.7. The van der Waals surface area contributed by atoms with Crippen molar-refractivity contribution < 1.29 is 22.4 Å². The molecule has 42 heavy (non-hydrogen) atoms. The highest BCUT2D eigenvalue weighted by Crippen LogP contribution is 2.31. The average Bonchev–Trinajstić information content (AvgIpc) is 2.98. The fourth-order valence-electron chi connectivity index (χ4n) is 6.38. The number of benzene rings is 2. The lowest BCUT2D eigenvalue weighted by Gasteiger charge is -2.40. The van der Waals surface area contributed by atoms with Crippen molar-refractivity contribution >= 4 is 28.9 Å². The van der Waals surface area contributed by atoms with E-state index in [-0.39, 0.29) is 12.1 Å². The van der Waals surface area contributed by atoms with E-state index < -0.39 is 24.3 Å². The van der Waals surface area contributed by atoms with Gasteiger partial charge in [0.2, 0.25) is 0 Å². The molecule has 230 valence electrons. The number of rotatable bonds is 8. The van der Waals surface area contributed by atoms with E-state index in [9.17, 15) is 18.0 Å². The number of hydrogen-bond donors (Lipinski definition) is 1. The molecular formula is C31H40ClF4N5O. The van der Waals surface area contributed by atoms with Crippen LogP contribution in [-0.2, 0) is 6.54 Å². The number of carbonyl (C=O) groups excluding carboxylic acids is 1. The molecule has 0 unspecified atom stereocenters. The molecule has 3 aliphatic rings. The number of nitrogens with one attached hydrogen (secondary N) is 1. The van der Waals surface area contributed by atoms with Crippen molar-refractivity contribution in [2.45, 2.75) is 57.3 Å². The van der Waals surface area contributed by atoms with E-state index in [1.54, 1.807) is 23.1 Å². The van der Waals surface area contributed by atoms with Crippen molar-refractivity contribution in [3.05, 3.63) is 58.4 Å². The molecule has 1 amide bonds. The maximum Gasteiger partial charge on any atom is 0.390 e. The first-order valence-electron chi connectivity index (χ1n) is 15.0. The van der Waals surface area contributed by atoms with E-state index in [4.69, 9.17) is 11.6 Å². The van der Waals surface area contributed by atoms with Crippen molar-refractivity contribution in [2.24, 2.45) is 0 Å². The number of carbonyl (C=O) groups is 1. The summed E-state index contributed by atoms with van der Waals surface area (Å²) in [5.74, 6) is -1.13. The molecule has 1 N–H and O–H groups in total. The summed E-state index contributed by atoms with van der Waals surface area (Å²) < 4.78 is 53.0. The van der Waals surface area contributed by atoms with Gasteiger partial charge in [-0.1, -0.05) is 24.1 Å². The molecule has 6 nitrogen and oxygen atoms in total. The number of likely N-dealkylation sites (tertiary alicyclic amines) is 2. The molecule has 0 atom stereocenters. The number of piperidine rings is 2. The summed E-state index contributed by atoms with van der Waals surface area (Å²) >= 11 is 6.25. The Labute approximate surface area is 250 Å². The van der Waals surface area contributed by atoms with Crippen LogP contribution in [0.15, 0.2) is 36.4 Å². The van der Waals surface area contributed by atoms with Gasteiger partial charge in [0.15, 0.2) is 0 Å². The Balaban J connectivity index is 1.16. The van der Waals surface area contributed by atoms with E-state index in [0.717, 1.165) is 31.5 Å². The van der Waals surface area contributed by atoms with Crippen LogP contribution in [0, 0.1) is 5.82 Å². The maximum absolute atomic E-state index is 15.2. The Morgan fingerprint density at radius 2 is 1.60 bits per heavy atom. The van der Waals surface area contributed by atoms with Gasteiger partial charge in [0.1, 0.15) is 5.82 Å². The van der Waals surface area contributed by atoms with Crippen molar-refractivity contribution in [1.82, 2.24) is 14.7 Å². The summed E-state index contributed by atoms with van der Waals surface area (Å²) in [6.45, 7) is 6.90. The molecule has 11 heteroatoms. The fraction of sp³-hybridized carbons (Fsp3) is 0.581. The highest BCUT2D eigenvalue weighted by atomic mass is 35.5. The molecule has 0 bridgehead atoms. The number of hydrogen-bond acceptors (Lipinski definition) is 5. The van der Waals surface area contributed by atoms with Gasteiger partial charge in [0, 0.05) is 50.3 Å². The molecule has 0 radical (unpaired) electrons. The van der Waals surface area contributed by atoms with Gasteiger partial charge < -0.3 is 15.1 Å². The molecule has 2 aromatic carbocycles. The molecule has 0 saturated carbocycles. The third-order valence-electron chi connectivity index (χ3n) is 8.78. The van der Waals surface area contributed by atoms with E-state index in [1.807, 2.05) is 11.0 Å². The predicted octanol–water partition coefficient (Wildman–Crippen LogP) is 6.26. The summed E-state index contributed by atoms with van der Waals surface area (Å²) in [6, 6.07) is 10.5. The molecule has 0 aromatic heterocycles. The topological polar surface area (TPSA) is 42.1 Å². The summed E-state index contributed by atoms with van der Waals surface area (Å²) in [4.78, 5) is 21.9. The van der Waals surface area contributed by atoms with Crippen LogP contribution >= 0.6 is 11.6 Å². The predicted molar refractivity (Wildman–Crippen MR) is 159 cm³/mol. The number of halogens is 5. The molecule has 5 rings (SSSR count). The van der Waals surface area contributed by atoms with E-state index in [2.05, 4.69) is 15.1 Å². The monoisotopic (exact) mass is 609 g/mol. The molecular weight excluding hydrogens is 570 g/mol. The first kappa shape index (κ1) is 31.0. The van der Waals surface area contributed by atoms with Crippen LogP contribution in [0.2, 0.25) is 5.02 Å². The number of nitrogens with zero attached hydrogens (tertiary/aromatic N) is 4. The number of alkyl halides is 3.